The SMILES string of the molecule is Cc1c(F)c(Br)c(NCCCO)c(OCc2ccccc2)c1C(=O)Oc1ccccc1. The number of hydrogen-bond donors (Lipinski definition) is 2. The Labute approximate surface area is 189 Å². The number of esters is 1. The largest absolute Gasteiger partial charge is 0.486 e. The molecule has 162 valence electrons. The van der Waals surface area contributed by atoms with Crippen LogP contribution < -0.4 is 14.8 Å². The van der Waals surface area contributed by atoms with Gasteiger partial charge in [-0.1, -0.05) is 48.5 Å². The van der Waals surface area contributed by atoms with E-state index in [9.17, 15) is 4.79 Å². The molecule has 5 nitrogen and oxygen atoms in total. The number of halogens is 2. The maximum Gasteiger partial charge on any atom is 0.347 e. The number of rotatable bonds is 9. The molecule has 0 atom stereocenters. The van der Waals surface area contributed by atoms with Gasteiger partial charge in [0.1, 0.15) is 23.7 Å². The maximum absolute atomic E-state index is 15.0. The van der Waals surface area contributed by atoms with Gasteiger partial charge in [0.2, 0.25) is 0 Å². The molecule has 0 fully saturated rings. The van der Waals surface area contributed by atoms with Crippen molar-refractivity contribution in [1.82, 2.24) is 0 Å². The van der Waals surface area contributed by atoms with E-state index in [4.69, 9.17) is 14.6 Å². The number of aliphatic hydroxyl groups is 1. The predicted molar refractivity (Wildman–Crippen MR) is 121 cm³/mol. The summed E-state index contributed by atoms with van der Waals surface area (Å²) < 4.78 is 26.7. The Morgan fingerprint density at radius 3 is 2.39 bits per heavy atom. The van der Waals surface area contributed by atoms with Crippen LogP contribution in [0.15, 0.2) is 65.1 Å². The smallest absolute Gasteiger partial charge is 0.347 e. The highest BCUT2D eigenvalue weighted by Gasteiger charge is 2.28. The average Bonchev–Trinajstić information content (AvgIpc) is 2.79. The van der Waals surface area contributed by atoms with E-state index < -0.39 is 11.8 Å². The van der Waals surface area contributed by atoms with Gasteiger partial charge >= 0.3 is 5.97 Å². The van der Waals surface area contributed by atoms with Crippen molar-refractivity contribution < 1.29 is 23.8 Å². The van der Waals surface area contributed by atoms with E-state index in [0.29, 0.717) is 24.4 Å². The highest BCUT2D eigenvalue weighted by atomic mass is 79.9. The van der Waals surface area contributed by atoms with E-state index in [-0.39, 0.29) is 34.6 Å². The van der Waals surface area contributed by atoms with Gasteiger partial charge in [-0.2, -0.15) is 0 Å². The molecular weight excluding hydrogens is 465 g/mol. The van der Waals surface area contributed by atoms with Gasteiger partial charge in [-0.25, -0.2) is 9.18 Å². The maximum atomic E-state index is 15.0. The van der Waals surface area contributed by atoms with Gasteiger partial charge in [-0.05, 0) is 47.0 Å². The Bertz CT molecular complexity index is 1030. The van der Waals surface area contributed by atoms with Gasteiger partial charge < -0.3 is 19.9 Å². The Balaban J connectivity index is 2.03. The summed E-state index contributed by atoms with van der Waals surface area (Å²) in [6.45, 7) is 2.03. The zero-order valence-corrected chi connectivity index (χ0v) is 18.6. The summed E-state index contributed by atoms with van der Waals surface area (Å²) in [5.41, 5.74) is 1.31. The van der Waals surface area contributed by atoms with Crippen molar-refractivity contribution in [3.8, 4) is 11.5 Å². The second-order valence-corrected chi connectivity index (χ2v) is 7.61. The van der Waals surface area contributed by atoms with Crippen LogP contribution in [0.25, 0.3) is 0 Å². The van der Waals surface area contributed by atoms with Crippen molar-refractivity contribution in [2.75, 3.05) is 18.5 Å². The fourth-order valence-corrected chi connectivity index (χ4v) is 3.61. The topological polar surface area (TPSA) is 67.8 Å². The molecule has 3 rings (SSSR count). The van der Waals surface area contributed by atoms with E-state index in [0.717, 1.165) is 5.56 Å². The monoisotopic (exact) mass is 487 g/mol. The molecule has 31 heavy (non-hydrogen) atoms. The summed E-state index contributed by atoms with van der Waals surface area (Å²) in [6.07, 6.45) is 0.448. The van der Waals surface area contributed by atoms with E-state index in [1.807, 2.05) is 30.3 Å². The summed E-state index contributed by atoms with van der Waals surface area (Å²) in [4.78, 5) is 13.1. The number of anilines is 1. The molecule has 0 bridgehead atoms. The fourth-order valence-electron chi connectivity index (χ4n) is 3.00. The molecule has 3 aromatic rings. The molecular formula is C24H23BrFNO4. The summed E-state index contributed by atoms with van der Waals surface area (Å²) in [7, 11) is 0. The normalized spacial score (nSPS) is 10.6. The summed E-state index contributed by atoms with van der Waals surface area (Å²) in [6, 6.07) is 18.0. The Morgan fingerprint density at radius 1 is 1.10 bits per heavy atom. The summed E-state index contributed by atoms with van der Waals surface area (Å²) in [5.74, 6) is -0.769. The molecule has 2 N–H and O–H groups in total. The molecule has 0 aliphatic rings. The third-order valence-corrected chi connectivity index (χ3v) is 5.34. The van der Waals surface area contributed by atoms with Crippen molar-refractivity contribution >= 4 is 27.6 Å². The first kappa shape index (κ1) is 22.8. The number of para-hydroxylation sites is 1. The van der Waals surface area contributed by atoms with Crippen LogP contribution in [0.4, 0.5) is 10.1 Å². The van der Waals surface area contributed by atoms with Gasteiger partial charge in [-0.15, -0.1) is 0 Å². The number of hydrogen-bond acceptors (Lipinski definition) is 5. The van der Waals surface area contributed by atoms with Gasteiger partial charge in [-0.3, -0.25) is 0 Å². The van der Waals surface area contributed by atoms with Crippen LogP contribution in [-0.4, -0.2) is 24.2 Å². The number of carbonyl (C=O) groups is 1. The number of carbonyl (C=O) groups excluding carboxylic acids is 1. The first-order valence-corrected chi connectivity index (χ1v) is 10.6. The number of aliphatic hydroxyl groups excluding tert-OH is 1. The first-order chi connectivity index (χ1) is 15.0. The lowest BCUT2D eigenvalue weighted by Crippen LogP contribution is -2.17. The second kappa shape index (κ2) is 10.9. The molecule has 0 spiro atoms. The van der Waals surface area contributed by atoms with Gasteiger partial charge in [0, 0.05) is 18.7 Å². The van der Waals surface area contributed by atoms with Gasteiger partial charge in [0.15, 0.2) is 5.75 Å². The van der Waals surface area contributed by atoms with Gasteiger partial charge in [0.05, 0.1) is 10.2 Å². The molecule has 0 aliphatic heterocycles. The van der Waals surface area contributed by atoms with Crippen LogP contribution in [0.3, 0.4) is 0 Å². The lowest BCUT2D eigenvalue weighted by Gasteiger charge is -2.21. The van der Waals surface area contributed by atoms with E-state index in [1.165, 1.54) is 6.92 Å². The molecule has 0 amide bonds. The van der Waals surface area contributed by atoms with Crippen molar-refractivity contribution in [1.29, 1.82) is 0 Å². The van der Waals surface area contributed by atoms with Crippen LogP contribution >= 0.6 is 15.9 Å². The number of benzene rings is 3. The quantitative estimate of drug-likeness (QED) is 0.237. The zero-order valence-electron chi connectivity index (χ0n) is 17.0. The highest BCUT2D eigenvalue weighted by Crippen LogP contribution is 2.41. The molecule has 3 aromatic carbocycles. The lowest BCUT2D eigenvalue weighted by molar-refractivity contribution is 0.0728. The highest BCUT2D eigenvalue weighted by molar-refractivity contribution is 9.10. The Morgan fingerprint density at radius 2 is 1.74 bits per heavy atom. The first-order valence-electron chi connectivity index (χ1n) is 9.83. The molecule has 0 unspecified atom stereocenters. The summed E-state index contributed by atoms with van der Waals surface area (Å²) >= 11 is 3.28. The second-order valence-electron chi connectivity index (χ2n) is 6.81. The van der Waals surface area contributed by atoms with Crippen LogP contribution in [0.2, 0.25) is 0 Å². The standard InChI is InChI=1S/C24H23BrFNO4/c1-16-19(24(29)31-18-11-6-3-7-12-18)23(30-15-17-9-4-2-5-10-17)22(20(25)21(16)26)27-13-8-14-28/h2-7,9-12,27-28H,8,13-15H2,1H3. The van der Waals surface area contributed by atoms with Crippen molar-refractivity contribution in [2.24, 2.45) is 0 Å². The molecule has 0 saturated heterocycles. The zero-order chi connectivity index (χ0) is 22.2. The minimum Gasteiger partial charge on any atom is -0.486 e. The molecule has 7 heteroatoms. The minimum atomic E-state index is -0.719. The molecule has 0 aromatic heterocycles. The van der Waals surface area contributed by atoms with E-state index >= 15 is 4.39 Å². The molecule has 0 saturated carbocycles. The van der Waals surface area contributed by atoms with Crippen LogP contribution in [0.1, 0.15) is 27.9 Å². The van der Waals surface area contributed by atoms with Crippen molar-refractivity contribution in [3.63, 3.8) is 0 Å². The van der Waals surface area contributed by atoms with Crippen molar-refractivity contribution in [3.05, 3.63) is 87.6 Å². The fraction of sp³-hybridized carbons (Fsp3) is 0.208. The van der Waals surface area contributed by atoms with E-state index in [2.05, 4.69) is 21.2 Å². The third kappa shape index (κ3) is 5.62. The van der Waals surface area contributed by atoms with Crippen LogP contribution in [0, 0.1) is 12.7 Å². The summed E-state index contributed by atoms with van der Waals surface area (Å²) in [5, 5.41) is 12.2. The average molecular weight is 488 g/mol. The minimum absolute atomic E-state index is 0.00647. The van der Waals surface area contributed by atoms with Crippen LogP contribution in [-0.2, 0) is 6.61 Å². The predicted octanol–water partition coefficient (Wildman–Crippen LogP) is 5.49. The molecule has 0 aliphatic carbocycles. The van der Waals surface area contributed by atoms with Crippen LogP contribution in [0.5, 0.6) is 11.5 Å². The lowest BCUT2D eigenvalue weighted by atomic mass is 10.0. The Kier molecular flexibility index (Phi) is 8.03. The van der Waals surface area contributed by atoms with E-state index in [1.54, 1.807) is 30.3 Å². The van der Waals surface area contributed by atoms with Crippen molar-refractivity contribution in [2.45, 2.75) is 20.0 Å². The van der Waals surface area contributed by atoms with Gasteiger partial charge in [0.25, 0.3) is 0 Å². The third-order valence-electron chi connectivity index (χ3n) is 4.59. The Hall–Kier alpha value is -2.90. The number of ether oxygens (including phenoxy) is 2. The molecule has 0 radical (unpaired) electrons. The number of nitrogens with one attached hydrogen (secondary N) is 1. The molecule has 0 heterocycles.